The fourth-order valence-electron chi connectivity index (χ4n) is 2.60. The highest BCUT2D eigenvalue weighted by Gasteiger charge is 2.25. The van der Waals surface area contributed by atoms with Crippen molar-refractivity contribution in [2.24, 2.45) is 0 Å². The first-order chi connectivity index (χ1) is 11.6. The van der Waals surface area contributed by atoms with Crippen molar-refractivity contribution in [1.82, 2.24) is 14.9 Å². The second kappa shape index (κ2) is 7.04. The van der Waals surface area contributed by atoms with Gasteiger partial charge in [-0.15, -0.1) is 0 Å². The summed E-state index contributed by atoms with van der Waals surface area (Å²) in [6.07, 6.45) is 3.05. The molecular weight excluding hydrogens is 349 g/mol. The lowest BCUT2D eigenvalue weighted by Gasteiger charge is -2.35. The van der Waals surface area contributed by atoms with Crippen molar-refractivity contribution in [2.75, 3.05) is 31.1 Å². The summed E-state index contributed by atoms with van der Waals surface area (Å²) in [4.78, 5) is 24.5. The van der Waals surface area contributed by atoms with Gasteiger partial charge in [0.2, 0.25) is 0 Å². The maximum absolute atomic E-state index is 12.6. The Morgan fingerprint density at radius 1 is 1.12 bits per heavy atom. The van der Waals surface area contributed by atoms with Crippen LogP contribution >= 0.6 is 23.2 Å². The number of hydrogen-bond acceptors (Lipinski definition) is 5. The van der Waals surface area contributed by atoms with Crippen LogP contribution in [-0.4, -0.2) is 47.0 Å². The van der Waals surface area contributed by atoms with Crippen LogP contribution in [0.5, 0.6) is 0 Å². The molecule has 0 spiro atoms. The highest BCUT2D eigenvalue weighted by Crippen LogP contribution is 2.23. The number of anilines is 1. The van der Waals surface area contributed by atoms with Gasteiger partial charge in [-0.2, -0.15) is 5.26 Å². The summed E-state index contributed by atoms with van der Waals surface area (Å²) in [5.41, 5.74) is 0.727. The van der Waals surface area contributed by atoms with Gasteiger partial charge in [-0.3, -0.25) is 4.79 Å². The maximum atomic E-state index is 12.6. The third kappa shape index (κ3) is 3.28. The molecule has 1 fully saturated rings. The number of halogens is 2. The molecule has 0 aliphatic carbocycles. The quantitative estimate of drug-likeness (QED) is 0.821. The lowest BCUT2D eigenvalue weighted by molar-refractivity contribution is 0.0746. The first-order valence-electron chi connectivity index (χ1n) is 7.30. The molecule has 0 bridgehead atoms. The van der Waals surface area contributed by atoms with Crippen LogP contribution in [-0.2, 0) is 0 Å². The topological polar surface area (TPSA) is 73.1 Å². The minimum atomic E-state index is -0.129. The van der Waals surface area contributed by atoms with E-state index in [1.807, 2.05) is 11.0 Å². The second-order valence-electron chi connectivity index (χ2n) is 5.24. The molecule has 1 aromatic heterocycles. The zero-order valence-corrected chi connectivity index (χ0v) is 14.1. The van der Waals surface area contributed by atoms with Gasteiger partial charge in [-0.05, 0) is 18.2 Å². The third-order valence-electron chi connectivity index (χ3n) is 3.81. The van der Waals surface area contributed by atoms with E-state index in [4.69, 9.17) is 28.5 Å². The van der Waals surface area contributed by atoms with Crippen LogP contribution in [0.3, 0.4) is 0 Å². The normalized spacial score (nSPS) is 14.4. The summed E-state index contributed by atoms with van der Waals surface area (Å²) in [6, 6.07) is 6.88. The standard InChI is InChI=1S/C16H13Cl2N5O/c17-11-1-2-12(13(18)9-11)16(24)23-7-5-22(6-8-23)15-14(10-19)20-3-4-21-15/h1-4,9H,5-8H2. The molecule has 1 aliphatic heterocycles. The third-order valence-corrected chi connectivity index (χ3v) is 4.36. The largest absolute Gasteiger partial charge is 0.351 e. The van der Waals surface area contributed by atoms with E-state index in [1.54, 1.807) is 29.3 Å². The van der Waals surface area contributed by atoms with Crippen molar-refractivity contribution in [3.05, 3.63) is 51.9 Å². The zero-order chi connectivity index (χ0) is 17.1. The van der Waals surface area contributed by atoms with Gasteiger partial charge in [0.1, 0.15) is 6.07 Å². The fourth-order valence-corrected chi connectivity index (χ4v) is 3.08. The van der Waals surface area contributed by atoms with E-state index in [-0.39, 0.29) is 11.6 Å². The van der Waals surface area contributed by atoms with Crippen LogP contribution in [0.25, 0.3) is 0 Å². The molecule has 2 heterocycles. The number of amides is 1. The average Bonchev–Trinajstić information content (AvgIpc) is 2.61. The lowest BCUT2D eigenvalue weighted by atomic mass is 10.1. The Morgan fingerprint density at radius 2 is 1.83 bits per heavy atom. The highest BCUT2D eigenvalue weighted by atomic mass is 35.5. The fraction of sp³-hybridized carbons (Fsp3) is 0.250. The van der Waals surface area contributed by atoms with Gasteiger partial charge in [0.05, 0.1) is 10.6 Å². The number of nitriles is 1. The molecule has 2 aromatic rings. The summed E-state index contributed by atoms with van der Waals surface area (Å²) in [5, 5.41) is 9.96. The molecule has 1 aliphatic rings. The molecule has 122 valence electrons. The summed E-state index contributed by atoms with van der Waals surface area (Å²) in [6.45, 7) is 2.17. The van der Waals surface area contributed by atoms with Crippen LogP contribution < -0.4 is 4.90 Å². The first-order valence-corrected chi connectivity index (χ1v) is 8.06. The van der Waals surface area contributed by atoms with Gasteiger partial charge in [-0.1, -0.05) is 23.2 Å². The predicted molar refractivity (Wildman–Crippen MR) is 91.3 cm³/mol. The van der Waals surface area contributed by atoms with Crippen molar-refractivity contribution in [3.8, 4) is 6.07 Å². The Kier molecular flexibility index (Phi) is 4.84. The molecule has 24 heavy (non-hydrogen) atoms. The minimum absolute atomic E-state index is 0.129. The van der Waals surface area contributed by atoms with Gasteiger partial charge in [0.15, 0.2) is 11.5 Å². The van der Waals surface area contributed by atoms with Gasteiger partial charge < -0.3 is 9.80 Å². The molecule has 0 atom stereocenters. The van der Waals surface area contributed by atoms with Gasteiger partial charge >= 0.3 is 0 Å². The van der Waals surface area contributed by atoms with E-state index in [9.17, 15) is 4.79 Å². The molecule has 0 unspecified atom stereocenters. The van der Waals surface area contributed by atoms with Crippen molar-refractivity contribution < 1.29 is 4.79 Å². The molecular formula is C16H13Cl2N5O. The minimum Gasteiger partial charge on any atom is -0.351 e. The summed E-state index contributed by atoms with van der Waals surface area (Å²) in [7, 11) is 0. The Hall–Kier alpha value is -2.36. The van der Waals surface area contributed by atoms with Crippen molar-refractivity contribution in [3.63, 3.8) is 0 Å². The molecule has 8 heteroatoms. The van der Waals surface area contributed by atoms with E-state index in [2.05, 4.69) is 9.97 Å². The molecule has 0 saturated carbocycles. The van der Waals surface area contributed by atoms with E-state index in [0.717, 1.165) is 0 Å². The van der Waals surface area contributed by atoms with Crippen LogP contribution in [0.1, 0.15) is 16.1 Å². The molecule has 1 saturated heterocycles. The van der Waals surface area contributed by atoms with Crippen molar-refractivity contribution in [1.29, 1.82) is 5.26 Å². The number of benzene rings is 1. The number of carbonyl (C=O) groups is 1. The molecule has 1 amide bonds. The Morgan fingerprint density at radius 3 is 2.50 bits per heavy atom. The predicted octanol–water partition coefficient (Wildman–Crippen LogP) is 2.62. The van der Waals surface area contributed by atoms with Crippen LogP contribution in [0.2, 0.25) is 10.0 Å². The number of nitrogens with zero attached hydrogens (tertiary/aromatic N) is 5. The number of carbonyl (C=O) groups excluding carboxylic acids is 1. The lowest BCUT2D eigenvalue weighted by Crippen LogP contribution is -2.49. The van der Waals surface area contributed by atoms with Crippen LogP contribution in [0, 0.1) is 11.3 Å². The highest BCUT2D eigenvalue weighted by molar-refractivity contribution is 6.36. The van der Waals surface area contributed by atoms with Gasteiger partial charge in [-0.25, -0.2) is 9.97 Å². The van der Waals surface area contributed by atoms with Crippen LogP contribution in [0.4, 0.5) is 5.82 Å². The van der Waals surface area contributed by atoms with E-state index in [1.165, 1.54) is 6.20 Å². The molecule has 1 aromatic carbocycles. The van der Waals surface area contributed by atoms with Gasteiger partial charge in [0.25, 0.3) is 5.91 Å². The average molecular weight is 362 g/mol. The molecule has 0 radical (unpaired) electrons. The Labute approximate surface area is 149 Å². The van der Waals surface area contributed by atoms with E-state index >= 15 is 0 Å². The molecule has 0 N–H and O–H groups in total. The van der Waals surface area contributed by atoms with E-state index in [0.29, 0.717) is 47.6 Å². The van der Waals surface area contributed by atoms with Crippen molar-refractivity contribution >= 4 is 34.9 Å². The summed E-state index contributed by atoms with van der Waals surface area (Å²) < 4.78 is 0. The van der Waals surface area contributed by atoms with Crippen LogP contribution in [0.15, 0.2) is 30.6 Å². The number of aromatic nitrogens is 2. The zero-order valence-electron chi connectivity index (χ0n) is 12.6. The second-order valence-corrected chi connectivity index (χ2v) is 6.09. The van der Waals surface area contributed by atoms with E-state index < -0.39 is 0 Å². The van der Waals surface area contributed by atoms with Crippen molar-refractivity contribution in [2.45, 2.75) is 0 Å². The molecule has 6 nitrogen and oxygen atoms in total. The number of piperazine rings is 1. The summed E-state index contributed by atoms with van der Waals surface area (Å²) >= 11 is 12.0. The summed E-state index contributed by atoms with van der Waals surface area (Å²) in [5.74, 6) is 0.424. The monoisotopic (exact) mass is 361 g/mol. The first kappa shape index (κ1) is 16.5. The SMILES string of the molecule is N#Cc1nccnc1N1CCN(C(=O)c2ccc(Cl)cc2Cl)CC1. The maximum Gasteiger partial charge on any atom is 0.255 e. The Balaban J connectivity index is 1.71. The number of hydrogen-bond donors (Lipinski definition) is 0. The smallest absolute Gasteiger partial charge is 0.255 e. The Bertz CT molecular complexity index is 812. The van der Waals surface area contributed by atoms with Gasteiger partial charge in [0, 0.05) is 43.6 Å². The molecule has 3 rings (SSSR count). The number of rotatable bonds is 2.